The van der Waals surface area contributed by atoms with Gasteiger partial charge in [0.2, 0.25) is 0 Å². The number of carbonyl (C=O) groups excluding carboxylic acids is 2. The summed E-state index contributed by atoms with van der Waals surface area (Å²) in [5.74, 6) is -0.348. The Bertz CT molecular complexity index is 564. The van der Waals surface area contributed by atoms with E-state index in [2.05, 4.69) is 20.8 Å². The van der Waals surface area contributed by atoms with Crippen LogP contribution in [0.15, 0.2) is 30.3 Å². The highest BCUT2D eigenvalue weighted by Gasteiger charge is 2.41. The highest BCUT2D eigenvalue weighted by Crippen LogP contribution is 2.35. The number of likely N-dealkylation sites (tertiary alicyclic amines) is 1. The van der Waals surface area contributed by atoms with Crippen LogP contribution in [0.5, 0.6) is 0 Å². The summed E-state index contributed by atoms with van der Waals surface area (Å²) in [5, 5.41) is 0. The molecule has 1 amide bonds. The molecule has 0 saturated carbocycles. The van der Waals surface area contributed by atoms with Gasteiger partial charge in [-0.1, -0.05) is 51.1 Å². The van der Waals surface area contributed by atoms with Crippen molar-refractivity contribution in [1.29, 1.82) is 0 Å². The molecule has 0 radical (unpaired) electrons. The maximum Gasteiger partial charge on any atom is 0.410 e. The number of ether oxygens (including phenoxy) is 2. The van der Waals surface area contributed by atoms with E-state index in [0.29, 0.717) is 19.4 Å². The molecule has 0 bridgehead atoms. The van der Waals surface area contributed by atoms with Crippen LogP contribution in [0, 0.1) is 11.3 Å². The second-order valence-corrected chi connectivity index (χ2v) is 7.36. The van der Waals surface area contributed by atoms with Crippen molar-refractivity contribution in [2.45, 2.75) is 46.3 Å². The standard InChI is InChI=1S/C19H27NO4/c1-19(2,3)16-12-15(17(21)23-4)10-11-20(16)18(22)24-13-14-8-6-5-7-9-14/h5-9,15-16H,10-13H2,1-4H3. The summed E-state index contributed by atoms with van der Waals surface area (Å²) < 4.78 is 10.4. The van der Waals surface area contributed by atoms with Crippen LogP contribution in [0.25, 0.3) is 0 Å². The van der Waals surface area contributed by atoms with Gasteiger partial charge in [0.25, 0.3) is 0 Å². The third kappa shape index (κ3) is 4.49. The predicted octanol–water partition coefficient (Wildman–Crippen LogP) is 3.62. The number of hydrogen-bond acceptors (Lipinski definition) is 4. The summed E-state index contributed by atoms with van der Waals surface area (Å²) >= 11 is 0. The van der Waals surface area contributed by atoms with Gasteiger partial charge in [0.05, 0.1) is 13.0 Å². The van der Waals surface area contributed by atoms with Crippen molar-refractivity contribution in [3.8, 4) is 0 Å². The average molecular weight is 333 g/mol. The van der Waals surface area contributed by atoms with E-state index in [4.69, 9.17) is 9.47 Å². The monoisotopic (exact) mass is 333 g/mol. The van der Waals surface area contributed by atoms with Crippen LogP contribution in [0.2, 0.25) is 0 Å². The topological polar surface area (TPSA) is 55.8 Å². The molecule has 0 N–H and O–H groups in total. The van der Waals surface area contributed by atoms with Crippen molar-refractivity contribution >= 4 is 12.1 Å². The molecular formula is C19H27NO4. The van der Waals surface area contributed by atoms with Crippen molar-refractivity contribution < 1.29 is 19.1 Å². The lowest BCUT2D eigenvalue weighted by molar-refractivity contribution is -0.148. The largest absolute Gasteiger partial charge is 0.469 e. The lowest BCUT2D eigenvalue weighted by atomic mass is 9.77. The predicted molar refractivity (Wildman–Crippen MR) is 91.3 cm³/mol. The molecule has 0 spiro atoms. The van der Waals surface area contributed by atoms with Gasteiger partial charge < -0.3 is 14.4 Å². The van der Waals surface area contributed by atoms with E-state index < -0.39 is 0 Å². The van der Waals surface area contributed by atoms with E-state index in [1.165, 1.54) is 7.11 Å². The van der Waals surface area contributed by atoms with Gasteiger partial charge in [0.15, 0.2) is 0 Å². The van der Waals surface area contributed by atoms with Crippen LogP contribution in [0.4, 0.5) is 4.79 Å². The van der Waals surface area contributed by atoms with Crippen LogP contribution in [-0.4, -0.2) is 36.7 Å². The van der Waals surface area contributed by atoms with E-state index in [1.807, 2.05) is 30.3 Å². The molecule has 1 aromatic carbocycles. The Labute approximate surface area is 143 Å². The number of methoxy groups -OCH3 is 1. The smallest absolute Gasteiger partial charge is 0.410 e. The fraction of sp³-hybridized carbons (Fsp3) is 0.579. The fourth-order valence-electron chi connectivity index (χ4n) is 3.19. The van der Waals surface area contributed by atoms with Gasteiger partial charge in [-0.05, 0) is 23.8 Å². The maximum atomic E-state index is 12.6. The summed E-state index contributed by atoms with van der Waals surface area (Å²) in [6.07, 6.45) is 0.901. The van der Waals surface area contributed by atoms with Crippen molar-refractivity contribution in [3.05, 3.63) is 35.9 Å². The van der Waals surface area contributed by atoms with Crippen LogP contribution < -0.4 is 0 Å². The van der Waals surface area contributed by atoms with Gasteiger partial charge in [-0.25, -0.2) is 4.79 Å². The third-order valence-electron chi connectivity index (χ3n) is 4.58. The number of nitrogens with zero attached hydrogens (tertiary/aromatic N) is 1. The van der Waals surface area contributed by atoms with Gasteiger partial charge in [-0.3, -0.25) is 4.79 Å². The van der Waals surface area contributed by atoms with E-state index in [1.54, 1.807) is 4.90 Å². The zero-order chi connectivity index (χ0) is 17.7. The first-order valence-electron chi connectivity index (χ1n) is 8.38. The lowest BCUT2D eigenvalue weighted by Crippen LogP contribution is -2.53. The number of amides is 1. The number of carbonyl (C=O) groups is 2. The lowest BCUT2D eigenvalue weighted by Gasteiger charge is -2.44. The van der Waals surface area contributed by atoms with E-state index >= 15 is 0 Å². The minimum atomic E-state index is -0.318. The zero-order valence-electron chi connectivity index (χ0n) is 15.0. The third-order valence-corrected chi connectivity index (χ3v) is 4.58. The molecule has 2 unspecified atom stereocenters. The van der Waals surface area contributed by atoms with Crippen molar-refractivity contribution in [3.63, 3.8) is 0 Å². The summed E-state index contributed by atoms with van der Waals surface area (Å²) in [4.78, 5) is 26.2. The molecule has 1 fully saturated rings. The van der Waals surface area contributed by atoms with Gasteiger partial charge in [-0.2, -0.15) is 0 Å². The maximum absolute atomic E-state index is 12.6. The molecule has 132 valence electrons. The number of rotatable bonds is 3. The Hall–Kier alpha value is -2.04. The number of hydrogen-bond donors (Lipinski definition) is 0. The molecule has 24 heavy (non-hydrogen) atoms. The molecule has 1 aliphatic heterocycles. The Morgan fingerprint density at radius 3 is 2.46 bits per heavy atom. The molecule has 1 saturated heterocycles. The van der Waals surface area contributed by atoms with Crippen molar-refractivity contribution in [1.82, 2.24) is 4.90 Å². The number of benzene rings is 1. The molecular weight excluding hydrogens is 306 g/mol. The Kier molecular flexibility index (Phi) is 5.86. The van der Waals surface area contributed by atoms with E-state index in [0.717, 1.165) is 5.56 Å². The Balaban J connectivity index is 2.04. The molecule has 1 aliphatic rings. The van der Waals surface area contributed by atoms with Gasteiger partial charge in [0.1, 0.15) is 6.61 Å². The highest BCUT2D eigenvalue weighted by atomic mass is 16.6. The van der Waals surface area contributed by atoms with Crippen LogP contribution in [0.3, 0.4) is 0 Å². The molecule has 0 aromatic heterocycles. The minimum absolute atomic E-state index is 0.0568. The first-order chi connectivity index (χ1) is 11.3. The molecule has 1 aromatic rings. The average Bonchev–Trinajstić information content (AvgIpc) is 2.58. The van der Waals surface area contributed by atoms with Gasteiger partial charge in [-0.15, -0.1) is 0 Å². The SMILES string of the molecule is COC(=O)C1CCN(C(=O)OCc2ccccc2)C(C(C)(C)C)C1. The van der Waals surface area contributed by atoms with E-state index in [-0.39, 0.29) is 36.0 Å². The molecule has 1 heterocycles. The number of esters is 1. The second kappa shape index (κ2) is 7.69. The first kappa shape index (κ1) is 18.3. The van der Waals surface area contributed by atoms with Crippen molar-refractivity contribution in [2.24, 2.45) is 11.3 Å². The molecule has 5 heteroatoms. The summed E-state index contributed by atoms with van der Waals surface area (Å²) in [6, 6.07) is 9.57. The Morgan fingerprint density at radius 1 is 1.21 bits per heavy atom. The Morgan fingerprint density at radius 2 is 1.88 bits per heavy atom. The van der Waals surface area contributed by atoms with Crippen LogP contribution >= 0.6 is 0 Å². The molecule has 5 nitrogen and oxygen atoms in total. The molecule has 2 atom stereocenters. The van der Waals surface area contributed by atoms with E-state index in [9.17, 15) is 9.59 Å². The fourth-order valence-corrected chi connectivity index (χ4v) is 3.19. The van der Waals surface area contributed by atoms with Crippen LogP contribution in [0.1, 0.15) is 39.2 Å². The summed E-state index contributed by atoms with van der Waals surface area (Å²) in [6.45, 7) is 7.00. The minimum Gasteiger partial charge on any atom is -0.469 e. The van der Waals surface area contributed by atoms with Gasteiger partial charge in [0, 0.05) is 12.6 Å². The molecule has 0 aliphatic carbocycles. The van der Waals surface area contributed by atoms with Crippen molar-refractivity contribution in [2.75, 3.05) is 13.7 Å². The zero-order valence-corrected chi connectivity index (χ0v) is 15.0. The summed E-state index contributed by atoms with van der Waals surface area (Å²) in [5.41, 5.74) is 0.820. The molecule has 2 rings (SSSR count). The normalized spacial score (nSPS) is 21.2. The summed E-state index contributed by atoms with van der Waals surface area (Å²) in [7, 11) is 1.41. The van der Waals surface area contributed by atoms with Crippen LogP contribution in [-0.2, 0) is 20.9 Å². The first-order valence-corrected chi connectivity index (χ1v) is 8.38. The second-order valence-electron chi connectivity index (χ2n) is 7.36. The quantitative estimate of drug-likeness (QED) is 0.793. The van der Waals surface area contributed by atoms with Gasteiger partial charge >= 0.3 is 12.1 Å². The number of piperidine rings is 1. The highest BCUT2D eigenvalue weighted by molar-refractivity contribution is 5.73.